The van der Waals surface area contributed by atoms with Crippen molar-refractivity contribution in [1.82, 2.24) is 10.2 Å². The van der Waals surface area contributed by atoms with Gasteiger partial charge in [-0.1, -0.05) is 0 Å². The van der Waals surface area contributed by atoms with Crippen LogP contribution < -0.4 is 5.32 Å². The van der Waals surface area contributed by atoms with Crippen LogP contribution in [-0.2, 0) is 4.74 Å². The lowest BCUT2D eigenvalue weighted by Crippen LogP contribution is -2.33. The fraction of sp³-hybridized carbons (Fsp3) is 0.818. The Hall–Kier alpha value is -1.46. The van der Waals surface area contributed by atoms with Crippen LogP contribution >= 0.6 is 0 Å². The van der Waals surface area contributed by atoms with Crippen molar-refractivity contribution < 1.29 is 19.4 Å². The Kier molecular flexibility index (Phi) is 6.38. The summed E-state index contributed by atoms with van der Waals surface area (Å²) in [6.45, 7) is 6.35. The lowest BCUT2D eigenvalue weighted by molar-refractivity contribution is 0.0526. The normalized spacial score (nSPS) is 10.8. The van der Waals surface area contributed by atoms with Crippen molar-refractivity contribution in [2.24, 2.45) is 0 Å². The molecule has 0 unspecified atom stereocenters. The second kappa shape index (κ2) is 6.98. The summed E-state index contributed by atoms with van der Waals surface area (Å²) in [5, 5.41) is 11.2. The summed E-state index contributed by atoms with van der Waals surface area (Å²) in [7, 11) is 1.52. The van der Waals surface area contributed by atoms with Crippen molar-refractivity contribution in [2.45, 2.75) is 39.2 Å². The summed E-state index contributed by atoms with van der Waals surface area (Å²) >= 11 is 0. The SMILES string of the molecule is CN(CCCCNC(=O)OC(C)(C)C)C(=O)O. The number of nitrogens with zero attached hydrogens (tertiary/aromatic N) is 1. The van der Waals surface area contributed by atoms with Gasteiger partial charge in [0.25, 0.3) is 0 Å². The Morgan fingerprint density at radius 3 is 2.35 bits per heavy atom. The predicted octanol–water partition coefficient (Wildman–Crippen LogP) is 1.90. The number of carbonyl (C=O) groups is 2. The van der Waals surface area contributed by atoms with Gasteiger partial charge in [0.1, 0.15) is 5.60 Å². The predicted molar refractivity (Wildman–Crippen MR) is 64.1 cm³/mol. The molecule has 0 aliphatic heterocycles. The first-order chi connectivity index (χ1) is 7.72. The van der Waals surface area contributed by atoms with E-state index in [1.165, 1.54) is 11.9 Å². The number of alkyl carbamates (subject to hydrolysis) is 1. The van der Waals surface area contributed by atoms with E-state index in [0.717, 1.165) is 6.42 Å². The van der Waals surface area contributed by atoms with Gasteiger partial charge in [-0.15, -0.1) is 0 Å². The topological polar surface area (TPSA) is 78.9 Å². The molecule has 0 aromatic rings. The second-order valence-corrected chi connectivity index (χ2v) is 4.84. The fourth-order valence-electron chi connectivity index (χ4n) is 1.07. The van der Waals surface area contributed by atoms with Crippen LogP contribution in [0.15, 0.2) is 0 Å². The molecule has 0 bridgehead atoms. The maximum Gasteiger partial charge on any atom is 0.407 e. The zero-order chi connectivity index (χ0) is 13.5. The number of unbranched alkanes of at least 4 members (excludes halogenated alkanes) is 1. The molecule has 6 nitrogen and oxygen atoms in total. The zero-order valence-corrected chi connectivity index (χ0v) is 10.9. The summed E-state index contributed by atoms with van der Waals surface area (Å²) in [6.07, 6.45) is 0.0457. The summed E-state index contributed by atoms with van der Waals surface area (Å²) in [4.78, 5) is 22.9. The number of carboxylic acid groups (broad SMARTS) is 1. The van der Waals surface area contributed by atoms with E-state index in [0.29, 0.717) is 19.5 Å². The Labute approximate surface area is 102 Å². The molecule has 0 rings (SSSR count). The van der Waals surface area contributed by atoms with E-state index in [9.17, 15) is 9.59 Å². The van der Waals surface area contributed by atoms with Crippen molar-refractivity contribution >= 4 is 12.2 Å². The van der Waals surface area contributed by atoms with Crippen LogP contribution in [0.2, 0.25) is 0 Å². The number of ether oxygens (including phenoxy) is 1. The van der Waals surface area contributed by atoms with Crippen molar-refractivity contribution in [3.63, 3.8) is 0 Å². The van der Waals surface area contributed by atoms with Gasteiger partial charge in [0.05, 0.1) is 0 Å². The number of hydrogen-bond donors (Lipinski definition) is 2. The van der Waals surface area contributed by atoms with Crippen molar-refractivity contribution in [1.29, 1.82) is 0 Å². The molecule has 0 saturated carbocycles. The molecule has 0 heterocycles. The minimum atomic E-state index is -0.940. The third kappa shape index (κ3) is 9.47. The Bertz CT molecular complexity index is 261. The largest absolute Gasteiger partial charge is 0.465 e. The molecule has 0 spiro atoms. The molecule has 0 fully saturated rings. The van der Waals surface area contributed by atoms with E-state index in [4.69, 9.17) is 9.84 Å². The molecule has 6 heteroatoms. The van der Waals surface area contributed by atoms with E-state index >= 15 is 0 Å². The molecule has 2 N–H and O–H groups in total. The third-order valence-corrected chi connectivity index (χ3v) is 1.92. The van der Waals surface area contributed by atoms with Crippen LogP contribution in [0.1, 0.15) is 33.6 Å². The van der Waals surface area contributed by atoms with Crippen molar-refractivity contribution in [2.75, 3.05) is 20.1 Å². The van der Waals surface area contributed by atoms with Crippen LogP contribution in [-0.4, -0.2) is 47.9 Å². The van der Waals surface area contributed by atoms with Gasteiger partial charge in [0, 0.05) is 20.1 Å². The number of rotatable bonds is 5. The summed E-state index contributed by atoms with van der Waals surface area (Å²) in [6, 6.07) is 0. The molecular formula is C11H22N2O4. The van der Waals surface area contributed by atoms with Gasteiger partial charge < -0.3 is 20.1 Å². The van der Waals surface area contributed by atoms with Crippen LogP contribution in [0.5, 0.6) is 0 Å². The maximum atomic E-state index is 11.2. The molecule has 0 atom stereocenters. The molecule has 0 saturated heterocycles. The first-order valence-corrected chi connectivity index (χ1v) is 5.63. The van der Waals surface area contributed by atoms with E-state index < -0.39 is 17.8 Å². The molecule has 0 aromatic carbocycles. The number of amides is 2. The lowest BCUT2D eigenvalue weighted by Gasteiger charge is -2.19. The number of nitrogens with one attached hydrogen (secondary N) is 1. The quantitative estimate of drug-likeness (QED) is 0.726. The van der Waals surface area contributed by atoms with E-state index in [1.54, 1.807) is 20.8 Å². The van der Waals surface area contributed by atoms with E-state index in [2.05, 4.69) is 5.32 Å². The molecular weight excluding hydrogens is 224 g/mol. The van der Waals surface area contributed by atoms with Gasteiger partial charge in [-0.2, -0.15) is 0 Å². The molecule has 17 heavy (non-hydrogen) atoms. The summed E-state index contributed by atoms with van der Waals surface area (Å²) in [5.41, 5.74) is -0.492. The molecule has 0 radical (unpaired) electrons. The van der Waals surface area contributed by atoms with Crippen LogP contribution in [0.3, 0.4) is 0 Å². The standard InChI is InChI=1S/C11H22N2O4/c1-11(2,3)17-9(14)12-7-5-6-8-13(4)10(15)16/h5-8H2,1-4H3,(H,12,14)(H,15,16). The van der Waals surface area contributed by atoms with Gasteiger partial charge in [-0.25, -0.2) is 9.59 Å². The minimum Gasteiger partial charge on any atom is -0.465 e. The highest BCUT2D eigenvalue weighted by atomic mass is 16.6. The van der Waals surface area contributed by atoms with Gasteiger partial charge in [0.2, 0.25) is 0 Å². The maximum absolute atomic E-state index is 11.2. The van der Waals surface area contributed by atoms with E-state index in [-0.39, 0.29) is 0 Å². The number of hydrogen-bond acceptors (Lipinski definition) is 3. The monoisotopic (exact) mass is 246 g/mol. The molecule has 0 aromatic heterocycles. The smallest absolute Gasteiger partial charge is 0.407 e. The van der Waals surface area contributed by atoms with Crippen LogP contribution in [0, 0.1) is 0 Å². The first-order valence-electron chi connectivity index (χ1n) is 5.63. The number of carbonyl (C=O) groups excluding carboxylic acids is 1. The van der Waals surface area contributed by atoms with Crippen molar-refractivity contribution in [3.8, 4) is 0 Å². The Morgan fingerprint density at radius 2 is 1.88 bits per heavy atom. The summed E-state index contributed by atoms with van der Waals surface area (Å²) in [5.74, 6) is 0. The first kappa shape index (κ1) is 15.5. The molecule has 0 aliphatic rings. The Morgan fingerprint density at radius 1 is 1.29 bits per heavy atom. The van der Waals surface area contributed by atoms with Gasteiger partial charge >= 0.3 is 12.2 Å². The minimum absolute atomic E-state index is 0.441. The average molecular weight is 246 g/mol. The highest BCUT2D eigenvalue weighted by Crippen LogP contribution is 2.06. The highest BCUT2D eigenvalue weighted by molar-refractivity contribution is 5.67. The molecule has 0 aliphatic carbocycles. The lowest BCUT2D eigenvalue weighted by atomic mass is 10.2. The van der Waals surface area contributed by atoms with E-state index in [1.807, 2.05) is 0 Å². The van der Waals surface area contributed by atoms with Gasteiger partial charge in [0.15, 0.2) is 0 Å². The molecule has 100 valence electrons. The fourth-order valence-corrected chi connectivity index (χ4v) is 1.07. The van der Waals surface area contributed by atoms with Crippen molar-refractivity contribution in [3.05, 3.63) is 0 Å². The van der Waals surface area contributed by atoms with Crippen LogP contribution in [0.4, 0.5) is 9.59 Å². The average Bonchev–Trinajstić information content (AvgIpc) is 2.13. The van der Waals surface area contributed by atoms with Gasteiger partial charge in [-0.3, -0.25) is 0 Å². The van der Waals surface area contributed by atoms with Gasteiger partial charge in [-0.05, 0) is 33.6 Å². The third-order valence-electron chi connectivity index (χ3n) is 1.92. The zero-order valence-electron chi connectivity index (χ0n) is 10.9. The van der Waals surface area contributed by atoms with Crippen LogP contribution in [0.25, 0.3) is 0 Å². The summed E-state index contributed by atoms with van der Waals surface area (Å²) < 4.78 is 5.05. The highest BCUT2D eigenvalue weighted by Gasteiger charge is 2.15. The second-order valence-electron chi connectivity index (χ2n) is 4.84. The Balaban J connectivity index is 3.52. The molecule has 2 amide bonds.